The van der Waals surface area contributed by atoms with Crippen molar-refractivity contribution >= 4 is 29.6 Å². The summed E-state index contributed by atoms with van der Waals surface area (Å²) >= 11 is 0. The molecule has 0 saturated carbocycles. The second-order valence-electron chi connectivity index (χ2n) is 8.90. The smallest absolute Gasteiger partial charge is 0.326 e. The number of rotatable bonds is 14. The molecular formula is C24H36N6O6. The Balaban J connectivity index is 2.17. The SMILES string of the molecule is NCCCCC(N)C(=O)NC(Cc1ccccc1)C(=O)N1CCCC1C(=O)NC(CC(N)=O)C(=O)O. The van der Waals surface area contributed by atoms with Crippen molar-refractivity contribution in [2.45, 2.75) is 69.1 Å². The Hall–Kier alpha value is -3.51. The van der Waals surface area contributed by atoms with Crippen LogP contribution in [0.4, 0.5) is 0 Å². The minimum atomic E-state index is -1.50. The van der Waals surface area contributed by atoms with Crippen LogP contribution in [0, 0.1) is 0 Å². The van der Waals surface area contributed by atoms with Gasteiger partial charge in [0.2, 0.25) is 23.6 Å². The number of carboxylic acid groups (broad SMARTS) is 1. The van der Waals surface area contributed by atoms with E-state index in [2.05, 4.69) is 10.6 Å². The van der Waals surface area contributed by atoms with Crippen LogP contribution in [-0.2, 0) is 30.4 Å². The van der Waals surface area contributed by atoms with Crippen LogP contribution < -0.4 is 27.8 Å². The van der Waals surface area contributed by atoms with Crippen molar-refractivity contribution in [3.63, 3.8) is 0 Å². The highest BCUT2D eigenvalue weighted by atomic mass is 16.4. The fourth-order valence-corrected chi connectivity index (χ4v) is 4.14. The monoisotopic (exact) mass is 504 g/mol. The van der Waals surface area contributed by atoms with E-state index >= 15 is 0 Å². The first-order valence-electron chi connectivity index (χ1n) is 12.1. The standard InChI is InChI=1S/C24H36N6O6/c25-11-5-4-9-16(26)21(32)28-17(13-15-7-2-1-3-8-15)23(34)30-12-6-10-19(30)22(33)29-18(24(35)36)14-20(27)31/h1-3,7-8,16-19H,4-6,9-14,25-26H2,(H2,27,31)(H,28,32)(H,29,33)(H,35,36). The van der Waals surface area contributed by atoms with Crippen LogP contribution in [0.3, 0.4) is 0 Å². The maximum absolute atomic E-state index is 13.6. The number of carbonyl (C=O) groups is 5. The topological polar surface area (TPSA) is 211 Å². The van der Waals surface area contributed by atoms with Crippen LogP contribution >= 0.6 is 0 Å². The zero-order valence-corrected chi connectivity index (χ0v) is 20.2. The van der Waals surface area contributed by atoms with Gasteiger partial charge in [-0.2, -0.15) is 0 Å². The molecule has 0 radical (unpaired) electrons. The van der Waals surface area contributed by atoms with Gasteiger partial charge in [-0.1, -0.05) is 36.8 Å². The zero-order chi connectivity index (χ0) is 26.7. The molecule has 2 rings (SSSR count). The van der Waals surface area contributed by atoms with Gasteiger partial charge in [-0.25, -0.2) is 4.79 Å². The second kappa shape index (κ2) is 14.1. The number of primary amides is 1. The van der Waals surface area contributed by atoms with Crippen LogP contribution in [-0.4, -0.2) is 76.9 Å². The van der Waals surface area contributed by atoms with Gasteiger partial charge in [0.25, 0.3) is 0 Å². The zero-order valence-electron chi connectivity index (χ0n) is 20.2. The largest absolute Gasteiger partial charge is 0.480 e. The van der Waals surface area contributed by atoms with Gasteiger partial charge < -0.3 is 37.8 Å². The van der Waals surface area contributed by atoms with Gasteiger partial charge in [-0.15, -0.1) is 0 Å². The molecule has 1 heterocycles. The molecule has 4 atom stereocenters. The first-order chi connectivity index (χ1) is 17.1. The number of likely N-dealkylation sites (tertiary alicyclic amines) is 1. The van der Waals surface area contributed by atoms with Gasteiger partial charge in [0.1, 0.15) is 18.1 Å². The molecule has 1 aliphatic heterocycles. The number of amides is 4. The molecule has 9 N–H and O–H groups in total. The van der Waals surface area contributed by atoms with E-state index in [-0.39, 0.29) is 13.0 Å². The first-order valence-corrected chi connectivity index (χ1v) is 12.1. The summed E-state index contributed by atoms with van der Waals surface area (Å²) < 4.78 is 0. The summed E-state index contributed by atoms with van der Waals surface area (Å²) in [6, 6.07) is 4.87. The number of carbonyl (C=O) groups excluding carboxylic acids is 4. The third-order valence-electron chi connectivity index (χ3n) is 6.06. The van der Waals surface area contributed by atoms with Crippen molar-refractivity contribution in [2.75, 3.05) is 13.1 Å². The minimum Gasteiger partial charge on any atom is -0.480 e. The molecule has 12 heteroatoms. The van der Waals surface area contributed by atoms with E-state index < -0.39 is 60.2 Å². The highest BCUT2D eigenvalue weighted by Crippen LogP contribution is 2.20. The number of unbranched alkanes of at least 4 members (excludes halogenated alkanes) is 1. The summed E-state index contributed by atoms with van der Waals surface area (Å²) in [7, 11) is 0. The van der Waals surface area contributed by atoms with Crippen molar-refractivity contribution in [2.24, 2.45) is 17.2 Å². The van der Waals surface area contributed by atoms with E-state index in [0.717, 1.165) is 12.0 Å². The fraction of sp³-hybridized carbons (Fsp3) is 0.542. The summed E-state index contributed by atoms with van der Waals surface area (Å²) in [6.45, 7) is 0.748. The third-order valence-corrected chi connectivity index (χ3v) is 6.06. The number of hydrogen-bond acceptors (Lipinski definition) is 7. The predicted molar refractivity (Wildman–Crippen MR) is 131 cm³/mol. The van der Waals surface area contributed by atoms with Crippen molar-refractivity contribution < 1.29 is 29.1 Å². The normalized spacial score (nSPS) is 17.6. The second-order valence-corrected chi connectivity index (χ2v) is 8.90. The Labute approximate surface area is 209 Å². The van der Waals surface area contributed by atoms with E-state index in [1.165, 1.54) is 4.90 Å². The average Bonchev–Trinajstić information content (AvgIpc) is 3.33. The number of nitrogens with two attached hydrogens (primary N) is 3. The lowest BCUT2D eigenvalue weighted by molar-refractivity contribution is -0.145. The van der Waals surface area contributed by atoms with E-state index in [0.29, 0.717) is 32.2 Å². The molecule has 4 amide bonds. The summed E-state index contributed by atoms with van der Waals surface area (Å²) in [4.78, 5) is 63.2. The van der Waals surface area contributed by atoms with Crippen molar-refractivity contribution in [1.29, 1.82) is 0 Å². The minimum absolute atomic E-state index is 0.186. The first kappa shape index (κ1) is 28.7. The molecule has 1 fully saturated rings. The average molecular weight is 505 g/mol. The molecule has 12 nitrogen and oxygen atoms in total. The highest BCUT2D eigenvalue weighted by molar-refractivity contribution is 5.95. The Morgan fingerprint density at radius 2 is 1.75 bits per heavy atom. The highest BCUT2D eigenvalue weighted by Gasteiger charge is 2.39. The maximum Gasteiger partial charge on any atom is 0.326 e. The van der Waals surface area contributed by atoms with Crippen LogP contribution in [0.5, 0.6) is 0 Å². The Kier molecular flexibility index (Phi) is 11.3. The van der Waals surface area contributed by atoms with Crippen molar-refractivity contribution in [1.82, 2.24) is 15.5 Å². The van der Waals surface area contributed by atoms with Gasteiger partial charge in [-0.05, 0) is 37.8 Å². The van der Waals surface area contributed by atoms with Crippen LogP contribution in [0.15, 0.2) is 30.3 Å². The van der Waals surface area contributed by atoms with Crippen LogP contribution in [0.1, 0.15) is 44.1 Å². The number of aliphatic carboxylic acids is 1. The lowest BCUT2D eigenvalue weighted by Crippen LogP contribution is -2.57. The molecule has 1 aliphatic rings. The number of hydrogen-bond donors (Lipinski definition) is 6. The third kappa shape index (κ3) is 8.61. The summed E-state index contributed by atoms with van der Waals surface area (Å²) in [5.74, 6) is -3.93. The maximum atomic E-state index is 13.6. The van der Waals surface area contributed by atoms with Crippen LogP contribution in [0.2, 0.25) is 0 Å². The van der Waals surface area contributed by atoms with Crippen LogP contribution in [0.25, 0.3) is 0 Å². The lowest BCUT2D eigenvalue weighted by atomic mass is 10.0. The predicted octanol–water partition coefficient (Wildman–Crippen LogP) is -1.39. The molecule has 0 aliphatic carbocycles. The molecule has 1 aromatic rings. The van der Waals surface area contributed by atoms with E-state index in [1.807, 2.05) is 30.3 Å². The number of nitrogens with one attached hydrogen (secondary N) is 2. The molecule has 4 unspecified atom stereocenters. The van der Waals surface area contributed by atoms with Gasteiger partial charge >= 0.3 is 5.97 Å². The molecule has 1 saturated heterocycles. The van der Waals surface area contributed by atoms with Gasteiger partial charge in [0.15, 0.2) is 0 Å². The Bertz CT molecular complexity index is 927. The molecule has 0 aromatic heterocycles. The summed E-state index contributed by atoms with van der Waals surface area (Å²) in [5, 5.41) is 14.3. The number of benzene rings is 1. The van der Waals surface area contributed by atoms with Gasteiger partial charge in [-0.3, -0.25) is 19.2 Å². The van der Waals surface area contributed by atoms with E-state index in [4.69, 9.17) is 17.2 Å². The van der Waals surface area contributed by atoms with E-state index in [9.17, 15) is 29.1 Å². The molecule has 0 bridgehead atoms. The van der Waals surface area contributed by atoms with Crippen molar-refractivity contribution in [3.8, 4) is 0 Å². The molecule has 0 spiro atoms. The Morgan fingerprint density at radius 1 is 1.06 bits per heavy atom. The lowest BCUT2D eigenvalue weighted by Gasteiger charge is -2.30. The van der Waals surface area contributed by atoms with Gasteiger partial charge in [0, 0.05) is 13.0 Å². The van der Waals surface area contributed by atoms with Crippen molar-refractivity contribution in [3.05, 3.63) is 35.9 Å². The molecular weight excluding hydrogens is 468 g/mol. The summed E-state index contributed by atoms with van der Waals surface area (Å²) in [5.41, 5.74) is 17.4. The van der Waals surface area contributed by atoms with Gasteiger partial charge in [0.05, 0.1) is 12.5 Å². The van der Waals surface area contributed by atoms with E-state index in [1.54, 1.807) is 0 Å². The Morgan fingerprint density at radius 3 is 2.36 bits per heavy atom. The molecule has 198 valence electrons. The number of carboxylic acids is 1. The molecule has 36 heavy (non-hydrogen) atoms. The summed E-state index contributed by atoms with van der Waals surface area (Å²) in [6.07, 6.45) is 2.26. The molecule has 1 aromatic carbocycles. The number of nitrogens with zero attached hydrogens (tertiary/aromatic N) is 1. The quantitative estimate of drug-likeness (QED) is 0.166. The fourth-order valence-electron chi connectivity index (χ4n) is 4.14.